The zero-order valence-electron chi connectivity index (χ0n) is 25.0. The fraction of sp³-hybridized carbons (Fsp3) is 0.731. The van der Waals surface area contributed by atoms with Gasteiger partial charge in [-0.1, -0.05) is 0 Å². The molecule has 0 unspecified atom stereocenters. The summed E-state index contributed by atoms with van der Waals surface area (Å²) in [7, 11) is 0. The molecule has 0 spiro atoms. The van der Waals surface area contributed by atoms with Gasteiger partial charge in [-0.2, -0.15) is 0 Å². The molecule has 0 radical (unpaired) electrons. The maximum atomic E-state index is 13.3. The van der Waals surface area contributed by atoms with Gasteiger partial charge in [-0.25, -0.2) is 4.79 Å². The molecule has 0 aliphatic heterocycles. The SMILES string of the molecule is C[C@@H](O)[C@H](NC(=O)[C@H](CCC(N)=O)NC(=O)[C@H](CCCCN)NC(=O)[C@H](CCCCN)NC(=O)[C@@H](N)CCC(=O)O)C(=O)O. The molecule has 0 aliphatic carbocycles. The number of aliphatic carboxylic acids is 2. The number of carbonyl (C=O) groups is 7. The van der Waals surface area contributed by atoms with Crippen molar-refractivity contribution in [2.75, 3.05) is 13.1 Å². The van der Waals surface area contributed by atoms with Crippen LogP contribution in [0, 0.1) is 0 Å². The Balaban J connectivity index is 5.95. The normalized spacial score (nSPS) is 15.0. The number of hydrogen-bond donors (Lipinski definition) is 11. The standard InChI is InChI=1S/C26H48N8O10/c1-14(35)21(26(43)44)34-25(42)18(9-10-19(30)36)33-24(41)17(7-3-5-13-28)32-23(40)16(6-2-4-12-27)31-22(39)15(29)8-11-20(37)38/h14-18,21,35H,2-13,27-29H2,1H3,(H2,30,36)(H,31,39)(H,32,40)(H,33,41)(H,34,42)(H,37,38)(H,43,44)/t14-,15+,16+,17+,18+,21+/m1/s1. The molecular weight excluding hydrogens is 584 g/mol. The van der Waals surface area contributed by atoms with Gasteiger partial charge >= 0.3 is 11.9 Å². The number of unbranched alkanes of at least 4 members (excludes halogenated alkanes) is 2. The highest BCUT2D eigenvalue weighted by Crippen LogP contribution is 2.08. The van der Waals surface area contributed by atoms with E-state index in [9.17, 15) is 43.8 Å². The van der Waals surface area contributed by atoms with Crippen LogP contribution in [0.2, 0.25) is 0 Å². The fourth-order valence-electron chi connectivity index (χ4n) is 3.95. The molecule has 18 heteroatoms. The van der Waals surface area contributed by atoms with E-state index in [0.717, 1.165) is 6.92 Å². The largest absolute Gasteiger partial charge is 0.481 e. The van der Waals surface area contributed by atoms with Crippen LogP contribution in [0.3, 0.4) is 0 Å². The van der Waals surface area contributed by atoms with Gasteiger partial charge in [0.25, 0.3) is 0 Å². The summed E-state index contributed by atoms with van der Waals surface area (Å²) < 4.78 is 0. The van der Waals surface area contributed by atoms with E-state index >= 15 is 0 Å². The highest BCUT2D eigenvalue weighted by Gasteiger charge is 2.33. The van der Waals surface area contributed by atoms with Gasteiger partial charge in [-0.3, -0.25) is 28.8 Å². The van der Waals surface area contributed by atoms with Gasteiger partial charge < -0.3 is 59.5 Å². The summed E-state index contributed by atoms with van der Waals surface area (Å²) in [6.07, 6.45) is -0.709. The van der Waals surface area contributed by atoms with Crippen LogP contribution in [-0.2, 0) is 33.6 Å². The second kappa shape index (κ2) is 21.8. The summed E-state index contributed by atoms with van der Waals surface area (Å²) in [5.74, 6) is -6.87. The van der Waals surface area contributed by atoms with Crippen LogP contribution in [0.4, 0.5) is 0 Å². The number of nitrogens with two attached hydrogens (primary N) is 4. The second-order valence-electron chi connectivity index (χ2n) is 10.4. The Morgan fingerprint density at radius 2 is 1.07 bits per heavy atom. The maximum Gasteiger partial charge on any atom is 0.328 e. The number of aliphatic hydroxyl groups excluding tert-OH is 1. The van der Waals surface area contributed by atoms with Crippen molar-refractivity contribution in [3.05, 3.63) is 0 Å². The zero-order chi connectivity index (χ0) is 33.8. The average molecular weight is 633 g/mol. The minimum Gasteiger partial charge on any atom is -0.481 e. The molecule has 0 aliphatic rings. The predicted molar refractivity (Wildman–Crippen MR) is 156 cm³/mol. The van der Waals surface area contributed by atoms with E-state index in [1.807, 2.05) is 0 Å². The zero-order valence-corrected chi connectivity index (χ0v) is 25.0. The van der Waals surface area contributed by atoms with E-state index in [0.29, 0.717) is 32.2 Å². The first-order valence-corrected chi connectivity index (χ1v) is 14.4. The quantitative estimate of drug-likeness (QED) is 0.0454. The fourth-order valence-corrected chi connectivity index (χ4v) is 3.95. The first kappa shape index (κ1) is 40.1. The molecular formula is C26H48N8O10. The summed E-state index contributed by atoms with van der Waals surface area (Å²) in [5, 5.41) is 37.4. The molecule has 18 nitrogen and oxygen atoms in total. The molecule has 15 N–H and O–H groups in total. The van der Waals surface area contributed by atoms with E-state index in [-0.39, 0.29) is 45.1 Å². The van der Waals surface area contributed by atoms with Gasteiger partial charge in [0, 0.05) is 12.8 Å². The van der Waals surface area contributed by atoms with Crippen molar-refractivity contribution in [2.45, 2.75) is 107 Å². The number of amides is 5. The summed E-state index contributed by atoms with van der Waals surface area (Å²) in [5.41, 5.74) is 22.1. The van der Waals surface area contributed by atoms with Crippen LogP contribution in [0.5, 0.6) is 0 Å². The number of aliphatic hydroxyl groups is 1. The molecule has 0 aromatic heterocycles. The van der Waals surface area contributed by atoms with Crippen molar-refractivity contribution in [2.24, 2.45) is 22.9 Å². The van der Waals surface area contributed by atoms with Crippen molar-refractivity contribution in [1.82, 2.24) is 21.3 Å². The molecule has 0 rings (SSSR count). The summed E-state index contributed by atoms with van der Waals surface area (Å²) in [6.45, 7) is 1.74. The Kier molecular flexibility index (Phi) is 19.8. The van der Waals surface area contributed by atoms with Gasteiger partial charge in [0.05, 0.1) is 12.1 Å². The highest BCUT2D eigenvalue weighted by atomic mass is 16.4. The number of nitrogens with one attached hydrogen (secondary N) is 4. The van der Waals surface area contributed by atoms with Crippen LogP contribution in [-0.4, -0.2) is 106 Å². The van der Waals surface area contributed by atoms with Gasteiger partial charge in [-0.15, -0.1) is 0 Å². The third-order valence-electron chi connectivity index (χ3n) is 6.52. The van der Waals surface area contributed by atoms with E-state index < -0.39 is 77.8 Å². The van der Waals surface area contributed by atoms with Crippen molar-refractivity contribution in [3.8, 4) is 0 Å². The molecule has 0 saturated heterocycles. The Labute approximate surface area is 255 Å². The van der Waals surface area contributed by atoms with Crippen LogP contribution in [0.1, 0.15) is 71.1 Å². The van der Waals surface area contributed by atoms with E-state index in [1.165, 1.54) is 0 Å². The molecule has 0 fully saturated rings. The lowest BCUT2D eigenvalue weighted by Crippen LogP contribution is -2.59. The van der Waals surface area contributed by atoms with Crippen LogP contribution < -0.4 is 44.2 Å². The number of carboxylic acids is 2. The molecule has 44 heavy (non-hydrogen) atoms. The van der Waals surface area contributed by atoms with Crippen molar-refractivity contribution < 1.29 is 48.9 Å². The number of carbonyl (C=O) groups excluding carboxylic acids is 5. The molecule has 0 aromatic carbocycles. The minimum absolute atomic E-state index is 0.0615. The third kappa shape index (κ3) is 16.7. The van der Waals surface area contributed by atoms with Gasteiger partial charge in [-0.05, 0) is 71.4 Å². The molecule has 252 valence electrons. The van der Waals surface area contributed by atoms with Gasteiger partial charge in [0.1, 0.15) is 18.1 Å². The summed E-state index contributed by atoms with van der Waals surface area (Å²) in [6, 6.07) is -6.79. The predicted octanol–water partition coefficient (Wildman–Crippen LogP) is -3.89. The molecule has 5 amide bonds. The molecule has 0 aromatic rings. The lowest BCUT2D eigenvalue weighted by atomic mass is 10.0. The monoisotopic (exact) mass is 632 g/mol. The lowest BCUT2D eigenvalue weighted by molar-refractivity contribution is -0.145. The maximum absolute atomic E-state index is 13.3. The first-order chi connectivity index (χ1) is 20.6. The van der Waals surface area contributed by atoms with Crippen molar-refractivity contribution in [1.29, 1.82) is 0 Å². The lowest BCUT2D eigenvalue weighted by Gasteiger charge is -2.27. The summed E-state index contributed by atoms with van der Waals surface area (Å²) >= 11 is 0. The Morgan fingerprint density at radius 3 is 1.45 bits per heavy atom. The smallest absolute Gasteiger partial charge is 0.328 e. The van der Waals surface area contributed by atoms with Gasteiger partial charge in [0.2, 0.25) is 29.5 Å². The molecule has 0 heterocycles. The number of primary amides is 1. The number of carboxylic acid groups (broad SMARTS) is 2. The van der Waals surface area contributed by atoms with Crippen LogP contribution in [0.25, 0.3) is 0 Å². The second-order valence-corrected chi connectivity index (χ2v) is 10.4. The van der Waals surface area contributed by atoms with E-state index in [1.54, 1.807) is 0 Å². The Bertz CT molecular complexity index is 980. The first-order valence-electron chi connectivity index (χ1n) is 14.4. The minimum atomic E-state index is -1.71. The van der Waals surface area contributed by atoms with Crippen LogP contribution in [0.15, 0.2) is 0 Å². The van der Waals surface area contributed by atoms with Crippen molar-refractivity contribution in [3.63, 3.8) is 0 Å². The van der Waals surface area contributed by atoms with E-state index in [2.05, 4.69) is 21.3 Å². The third-order valence-corrected chi connectivity index (χ3v) is 6.52. The topological polar surface area (TPSA) is 332 Å². The summed E-state index contributed by atoms with van der Waals surface area (Å²) in [4.78, 5) is 85.8. The number of rotatable bonds is 24. The molecule has 6 atom stereocenters. The van der Waals surface area contributed by atoms with E-state index in [4.69, 9.17) is 28.0 Å². The van der Waals surface area contributed by atoms with Gasteiger partial charge in [0.15, 0.2) is 6.04 Å². The van der Waals surface area contributed by atoms with Crippen molar-refractivity contribution >= 4 is 41.5 Å². The number of hydrogen-bond acceptors (Lipinski definition) is 11. The van der Waals surface area contributed by atoms with Crippen LogP contribution >= 0.6 is 0 Å². The average Bonchev–Trinajstić information content (AvgIpc) is 2.94. The Hall–Kier alpha value is -3.87. The molecule has 0 bridgehead atoms. The molecule has 0 saturated carbocycles. The highest BCUT2D eigenvalue weighted by molar-refractivity contribution is 5.95. The Morgan fingerprint density at radius 1 is 0.636 bits per heavy atom.